The number of nitrogens with zero attached hydrogens (tertiary/aromatic N) is 4. The van der Waals surface area contributed by atoms with Gasteiger partial charge in [0.25, 0.3) is 0 Å². The maximum Gasteiger partial charge on any atom is 0.222 e. The molecule has 1 aliphatic carbocycles. The van der Waals surface area contributed by atoms with Crippen molar-refractivity contribution in [2.75, 3.05) is 37.4 Å². The molecule has 0 spiro atoms. The molecule has 6 heteroatoms. The molecule has 1 saturated carbocycles. The molecule has 2 aliphatic rings. The minimum atomic E-state index is 0.222. The molecule has 23 heavy (non-hydrogen) atoms. The summed E-state index contributed by atoms with van der Waals surface area (Å²) in [7, 11) is 3.65. The number of hydrogen-bond donors (Lipinski definition) is 1. The Kier molecular flexibility index (Phi) is 4.98. The Morgan fingerprint density at radius 1 is 1.35 bits per heavy atom. The van der Waals surface area contributed by atoms with Gasteiger partial charge in [0, 0.05) is 45.7 Å². The van der Waals surface area contributed by atoms with Crippen molar-refractivity contribution < 1.29 is 4.79 Å². The molecule has 1 aromatic rings. The molecule has 3 rings (SSSR count). The van der Waals surface area contributed by atoms with E-state index in [4.69, 9.17) is 0 Å². The first-order valence-electron chi connectivity index (χ1n) is 8.65. The number of nitrogens with one attached hydrogen (secondary N) is 1. The number of amides is 1. The maximum absolute atomic E-state index is 11.8. The number of piperidine rings is 1. The molecule has 0 bridgehead atoms. The summed E-state index contributed by atoms with van der Waals surface area (Å²) < 4.78 is 0. The van der Waals surface area contributed by atoms with Crippen molar-refractivity contribution >= 4 is 17.5 Å². The normalized spacial score (nSPS) is 21.1. The van der Waals surface area contributed by atoms with Gasteiger partial charge in [-0.15, -0.1) is 0 Å². The fourth-order valence-corrected chi connectivity index (χ4v) is 3.10. The van der Waals surface area contributed by atoms with Crippen molar-refractivity contribution in [3.05, 3.63) is 12.4 Å². The first-order chi connectivity index (χ1) is 11.1. The van der Waals surface area contributed by atoms with Gasteiger partial charge in [-0.25, -0.2) is 9.97 Å². The Hall–Kier alpha value is -1.85. The molecule has 1 saturated heterocycles. The van der Waals surface area contributed by atoms with Gasteiger partial charge in [-0.3, -0.25) is 4.79 Å². The molecule has 2 fully saturated rings. The van der Waals surface area contributed by atoms with Crippen molar-refractivity contribution in [1.82, 2.24) is 14.9 Å². The van der Waals surface area contributed by atoms with Gasteiger partial charge in [-0.1, -0.05) is 0 Å². The number of anilines is 2. The monoisotopic (exact) mass is 317 g/mol. The lowest BCUT2D eigenvalue weighted by molar-refractivity contribution is -0.129. The lowest BCUT2D eigenvalue weighted by atomic mass is 9.93. The molecule has 1 atom stereocenters. The van der Waals surface area contributed by atoms with E-state index in [-0.39, 0.29) is 5.91 Å². The Labute approximate surface area is 138 Å². The van der Waals surface area contributed by atoms with Gasteiger partial charge >= 0.3 is 0 Å². The molecule has 1 aromatic heterocycles. The molecule has 0 aromatic carbocycles. The van der Waals surface area contributed by atoms with Crippen molar-refractivity contribution in [1.29, 1.82) is 0 Å². The standard InChI is InChI=1S/C17H27N5O/c1-21(2)17(23)8-5-13-4-3-9-22(11-13)16-10-15(18-12-19-16)20-14-6-7-14/h10,12-14H,3-9,11H2,1-2H3,(H,18,19,20). The molecule has 1 N–H and O–H groups in total. The Morgan fingerprint density at radius 3 is 2.91 bits per heavy atom. The van der Waals surface area contributed by atoms with E-state index in [2.05, 4.69) is 26.3 Å². The molecule has 1 amide bonds. The van der Waals surface area contributed by atoms with E-state index in [9.17, 15) is 4.79 Å². The zero-order chi connectivity index (χ0) is 16.2. The Morgan fingerprint density at radius 2 is 2.17 bits per heavy atom. The minimum Gasteiger partial charge on any atom is -0.367 e. The third kappa shape index (κ3) is 4.56. The van der Waals surface area contributed by atoms with Crippen LogP contribution in [0.2, 0.25) is 0 Å². The molecular formula is C17H27N5O. The van der Waals surface area contributed by atoms with E-state index in [1.165, 1.54) is 19.3 Å². The van der Waals surface area contributed by atoms with Crippen LogP contribution in [-0.4, -0.2) is 54.0 Å². The third-order valence-corrected chi connectivity index (χ3v) is 4.69. The smallest absolute Gasteiger partial charge is 0.222 e. The zero-order valence-electron chi connectivity index (χ0n) is 14.2. The molecule has 6 nitrogen and oxygen atoms in total. The number of rotatable bonds is 6. The number of carbonyl (C=O) groups is 1. The van der Waals surface area contributed by atoms with E-state index in [0.717, 1.165) is 37.6 Å². The van der Waals surface area contributed by atoms with Crippen molar-refractivity contribution in [2.24, 2.45) is 5.92 Å². The average Bonchev–Trinajstić information content (AvgIpc) is 3.37. The van der Waals surface area contributed by atoms with E-state index in [0.29, 0.717) is 18.4 Å². The second-order valence-corrected chi connectivity index (χ2v) is 6.96. The Balaban J connectivity index is 1.56. The molecule has 126 valence electrons. The molecule has 1 aliphatic heterocycles. The second kappa shape index (κ2) is 7.15. The fraction of sp³-hybridized carbons (Fsp3) is 0.706. The summed E-state index contributed by atoms with van der Waals surface area (Å²) in [6, 6.07) is 2.66. The van der Waals surface area contributed by atoms with Crippen LogP contribution >= 0.6 is 0 Å². The first kappa shape index (κ1) is 16.0. The summed E-state index contributed by atoms with van der Waals surface area (Å²) in [6.07, 6.45) is 8.11. The SMILES string of the molecule is CN(C)C(=O)CCC1CCCN(c2cc(NC3CC3)ncn2)C1. The quantitative estimate of drug-likeness (QED) is 0.871. The minimum absolute atomic E-state index is 0.222. The van der Waals surface area contributed by atoms with Gasteiger partial charge < -0.3 is 15.1 Å². The van der Waals surface area contributed by atoms with Crippen LogP contribution in [0.5, 0.6) is 0 Å². The van der Waals surface area contributed by atoms with Gasteiger partial charge in [0.1, 0.15) is 18.0 Å². The van der Waals surface area contributed by atoms with E-state index in [1.807, 2.05) is 14.1 Å². The highest BCUT2D eigenvalue weighted by molar-refractivity contribution is 5.75. The summed E-state index contributed by atoms with van der Waals surface area (Å²) in [5.41, 5.74) is 0. The van der Waals surface area contributed by atoms with Crippen molar-refractivity contribution in [3.63, 3.8) is 0 Å². The average molecular weight is 317 g/mol. The van der Waals surface area contributed by atoms with Gasteiger partial charge in [0.05, 0.1) is 0 Å². The lowest BCUT2D eigenvalue weighted by Crippen LogP contribution is -2.36. The second-order valence-electron chi connectivity index (χ2n) is 6.96. The van der Waals surface area contributed by atoms with Crippen LogP contribution < -0.4 is 10.2 Å². The van der Waals surface area contributed by atoms with Crippen LogP contribution in [0.15, 0.2) is 12.4 Å². The summed E-state index contributed by atoms with van der Waals surface area (Å²) >= 11 is 0. The Bertz CT molecular complexity index is 544. The molecule has 1 unspecified atom stereocenters. The van der Waals surface area contributed by atoms with E-state index >= 15 is 0 Å². The molecule has 0 radical (unpaired) electrons. The summed E-state index contributed by atoms with van der Waals surface area (Å²) in [5.74, 6) is 2.73. The van der Waals surface area contributed by atoms with Gasteiger partial charge in [0.2, 0.25) is 5.91 Å². The van der Waals surface area contributed by atoms with E-state index < -0.39 is 0 Å². The van der Waals surface area contributed by atoms with Crippen LogP contribution in [0.3, 0.4) is 0 Å². The summed E-state index contributed by atoms with van der Waals surface area (Å²) in [4.78, 5) is 24.6. The highest BCUT2D eigenvalue weighted by atomic mass is 16.2. The lowest BCUT2D eigenvalue weighted by Gasteiger charge is -2.33. The third-order valence-electron chi connectivity index (χ3n) is 4.69. The fourth-order valence-electron chi connectivity index (χ4n) is 3.10. The molecule has 2 heterocycles. The topological polar surface area (TPSA) is 61.4 Å². The van der Waals surface area contributed by atoms with Crippen LogP contribution in [0, 0.1) is 5.92 Å². The van der Waals surface area contributed by atoms with Crippen LogP contribution in [-0.2, 0) is 4.79 Å². The summed E-state index contributed by atoms with van der Waals surface area (Å²) in [6.45, 7) is 2.03. The number of carbonyl (C=O) groups excluding carboxylic acids is 1. The highest BCUT2D eigenvalue weighted by Crippen LogP contribution is 2.27. The largest absolute Gasteiger partial charge is 0.367 e. The first-order valence-corrected chi connectivity index (χ1v) is 8.65. The molecular weight excluding hydrogens is 290 g/mol. The van der Waals surface area contributed by atoms with Gasteiger partial charge in [0.15, 0.2) is 0 Å². The van der Waals surface area contributed by atoms with Crippen LogP contribution in [0.4, 0.5) is 11.6 Å². The van der Waals surface area contributed by atoms with Crippen molar-refractivity contribution in [2.45, 2.75) is 44.6 Å². The maximum atomic E-state index is 11.8. The zero-order valence-corrected chi connectivity index (χ0v) is 14.2. The number of aromatic nitrogens is 2. The van der Waals surface area contributed by atoms with Gasteiger partial charge in [-0.2, -0.15) is 0 Å². The van der Waals surface area contributed by atoms with Crippen LogP contribution in [0.1, 0.15) is 38.5 Å². The van der Waals surface area contributed by atoms with Crippen LogP contribution in [0.25, 0.3) is 0 Å². The predicted octanol–water partition coefficient (Wildman–Crippen LogP) is 2.14. The highest BCUT2D eigenvalue weighted by Gasteiger charge is 2.24. The number of hydrogen-bond acceptors (Lipinski definition) is 5. The predicted molar refractivity (Wildman–Crippen MR) is 91.5 cm³/mol. The summed E-state index contributed by atoms with van der Waals surface area (Å²) in [5, 5.41) is 3.43. The van der Waals surface area contributed by atoms with Crippen molar-refractivity contribution in [3.8, 4) is 0 Å². The van der Waals surface area contributed by atoms with E-state index in [1.54, 1.807) is 11.2 Å². The van der Waals surface area contributed by atoms with Gasteiger partial charge in [-0.05, 0) is 38.0 Å².